The van der Waals surface area contributed by atoms with Gasteiger partial charge in [0.2, 0.25) is 10.0 Å². The van der Waals surface area contributed by atoms with E-state index in [1.54, 1.807) is 42.5 Å². The van der Waals surface area contributed by atoms with E-state index in [0.29, 0.717) is 28.1 Å². The van der Waals surface area contributed by atoms with Crippen LogP contribution in [0.2, 0.25) is 0 Å². The van der Waals surface area contributed by atoms with E-state index in [1.807, 2.05) is 0 Å². The van der Waals surface area contributed by atoms with Crippen LogP contribution in [0.1, 0.15) is 16.1 Å². The van der Waals surface area contributed by atoms with E-state index in [-0.39, 0.29) is 16.7 Å². The number of carbonyl (C=O) groups is 1. The van der Waals surface area contributed by atoms with E-state index in [0.717, 1.165) is 5.56 Å². The molecular weight excluding hydrogens is 470 g/mol. The molecule has 0 aliphatic rings. The third kappa shape index (κ3) is 5.08. The Kier molecular flexibility index (Phi) is 6.41. The molecule has 4 aromatic rings. The van der Waals surface area contributed by atoms with Gasteiger partial charge in [-0.15, -0.1) is 0 Å². The van der Waals surface area contributed by atoms with E-state index in [4.69, 9.17) is 14.3 Å². The van der Waals surface area contributed by atoms with Gasteiger partial charge in [0.25, 0.3) is 5.56 Å². The molecule has 0 fully saturated rings. The number of ether oxygens (including phenoxy) is 1. The normalized spacial score (nSPS) is 12.0. The van der Waals surface area contributed by atoms with Crippen molar-refractivity contribution in [2.45, 2.75) is 4.90 Å². The van der Waals surface area contributed by atoms with Crippen LogP contribution < -0.4 is 21.3 Å². The summed E-state index contributed by atoms with van der Waals surface area (Å²) in [4.78, 5) is 24.8. The highest BCUT2D eigenvalue weighted by Crippen LogP contribution is 2.23. The van der Waals surface area contributed by atoms with Crippen LogP contribution in [0.5, 0.6) is 0 Å². The topological polar surface area (TPSA) is 137 Å². The molecule has 35 heavy (non-hydrogen) atoms. The zero-order valence-electron chi connectivity index (χ0n) is 18.4. The minimum atomic E-state index is -3.84. The molecule has 0 spiro atoms. The van der Waals surface area contributed by atoms with Gasteiger partial charge in [-0.05, 0) is 54.6 Å². The summed E-state index contributed by atoms with van der Waals surface area (Å²) >= 11 is 0. The fourth-order valence-electron chi connectivity index (χ4n) is 3.33. The number of nitrogens with two attached hydrogens (primary N) is 1. The molecule has 178 valence electrons. The van der Waals surface area contributed by atoms with Crippen LogP contribution in [0.4, 0.5) is 0 Å². The SMILES string of the molecule is C=CCOC(=O)c1ccc(-c2ccc(/C=c3\c(=C)[nH]n(-c4ccc(S(N)(=O)=O)cc4)c3=O)o2)cc1. The van der Waals surface area contributed by atoms with Crippen LogP contribution in [-0.4, -0.2) is 30.8 Å². The number of primary sulfonamides is 1. The Hall–Kier alpha value is -4.41. The Morgan fingerprint density at radius 1 is 1.09 bits per heavy atom. The van der Waals surface area contributed by atoms with Crippen molar-refractivity contribution >= 4 is 28.6 Å². The second-order valence-corrected chi connectivity index (χ2v) is 9.06. The number of nitrogens with zero attached hydrogens (tertiary/aromatic N) is 1. The van der Waals surface area contributed by atoms with Gasteiger partial charge < -0.3 is 9.15 Å². The number of nitrogens with one attached hydrogen (secondary N) is 1. The van der Waals surface area contributed by atoms with Crippen LogP contribution >= 0.6 is 0 Å². The summed E-state index contributed by atoms with van der Waals surface area (Å²) in [5.41, 5.74) is 1.17. The molecule has 0 saturated heterocycles. The first kappa shape index (κ1) is 23.7. The molecule has 4 rings (SSSR count). The maximum absolute atomic E-state index is 13.0. The number of sulfonamides is 1. The zero-order chi connectivity index (χ0) is 25.2. The van der Waals surface area contributed by atoms with Crippen LogP contribution in [0.3, 0.4) is 0 Å². The summed E-state index contributed by atoms with van der Waals surface area (Å²) < 4.78 is 35.0. The Labute approximate surface area is 200 Å². The van der Waals surface area contributed by atoms with Crippen LogP contribution in [0.25, 0.3) is 29.7 Å². The number of hydrogen-bond donors (Lipinski definition) is 2. The van der Waals surface area contributed by atoms with Crippen LogP contribution in [0.15, 0.2) is 87.4 Å². The molecular formula is C25H21N3O6S. The van der Waals surface area contributed by atoms with Crippen LogP contribution in [-0.2, 0) is 14.8 Å². The number of aromatic amines is 1. The fourth-order valence-corrected chi connectivity index (χ4v) is 3.84. The molecule has 0 amide bonds. The predicted molar refractivity (Wildman–Crippen MR) is 131 cm³/mol. The monoisotopic (exact) mass is 491 g/mol. The Balaban J connectivity index is 1.61. The van der Waals surface area contributed by atoms with Gasteiger partial charge in [-0.25, -0.2) is 23.0 Å². The van der Waals surface area contributed by atoms with E-state index in [1.165, 1.54) is 35.0 Å². The van der Waals surface area contributed by atoms with Gasteiger partial charge in [0.15, 0.2) is 0 Å². The Morgan fingerprint density at radius 2 is 1.77 bits per heavy atom. The quantitative estimate of drug-likeness (QED) is 0.298. The van der Waals surface area contributed by atoms with Gasteiger partial charge in [-0.1, -0.05) is 31.4 Å². The summed E-state index contributed by atoms with van der Waals surface area (Å²) in [7, 11) is -3.84. The lowest BCUT2D eigenvalue weighted by Gasteiger charge is -2.02. The molecule has 0 saturated carbocycles. The van der Waals surface area contributed by atoms with E-state index in [9.17, 15) is 18.0 Å². The van der Waals surface area contributed by atoms with Crippen molar-refractivity contribution in [2.24, 2.45) is 5.14 Å². The first-order chi connectivity index (χ1) is 16.7. The van der Waals surface area contributed by atoms with Crippen molar-refractivity contribution in [2.75, 3.05) is 6.61 Å². The molecule has 0 radical (unpaired) electrons. The van der Waals surface area contributed by atoms with Gasteiger partial charge in [0.1, 0.15) is 18.1 Å². The number of hydrogen-bond acceptors (Lipinski definition) is 6. The van der Waals surface area contributed by atoms with Gasteiger partial charge in [-0.2, -0.15) is 0 Å². The number of H-pyrrole nitrogens is 1. The standard InChI is InChI=1S/C25H21N3O6S/c1-3-14-33-25(30)18-6-4-17(5-7-18)23-13-10-20(34-23)15-22-16(2)27-28(24(22)29)19-8-11-21(12-9-19)35(26,31)32/h3-13,15,27H,1-2,14H2,(H2,26,31,32)/b22-15+. The fraction of sp³-hybridized carbons (Fsp3) is 0.0400. The Morgan fingerprint density at radius 3 is 2.40 bits per heavy atom. The van der Waals surface area contributed by atoms with Crippen molar-refractivity contribution in [1.82, 2.24) is 9.78 Å². The maximum Gasteiger partial charge on any atom is 0.338 e. The number of rotatable bonds is 7. The highest BCUT2D eigenvalue weighted by atomic mass is 32.2. The highest BCUT2D eigenvalue weighted by Gasteiger charge is 2.11. The predicted octanol–water partition coefficient (Wildman–Crippen LogP) is 1.65. The zero-order valence-corrected chi connectivity index (χ0v) is 19.2. The lowest BCUT2D eigenvalue weighted by Crippen LogP contribution is -2.33. The van der Waals surface area contributed by atoms with Gasteiger partial charge in [0.05, 0.1) is 26.7 Å². The van der Waals surface area contributed by atoms with Crippen LogP contribution in [0, 0.1) is 0 Å². The van der Waals surface area contributed by atoms with Gasteiger partial charge in [-0.3, -0.25) is 9.89 Å². The summed E-state index contributed by atoms with van der Waals surface area (Å²) in [6.45, 7) is 7.52. The number of aromatic nitrogens is 2. The average molecular weight is 492 g/mol. The third-order valence-electron chi connectivity index (χ3n) is 5.08. The molecule has 0 atom stereocenters. The summed E-state index contributed by atoms with van der Waals surface area (Å²) in [5, 5.41) is 8.62. The van der Waals surface area contributed by atoms with Crippen molar-refractivity contribution in [3.05, 3.63) is 106 Å². The molecule has 2 aromatic carbocycles. The molecule has 0 aliphatic heterocycles. The first-order valence-corrected chi connectivity index (χ1v) is 11.9. The summed E-state index contributed by atoms with van der Waals surface area (Å²) in [6, 6.07) is 15.7. The van der Waals surface area contributed by atoms with Gasteiger partial charge in [0, 0.05) is 5.56 Å². The third-order valence-corrected chi connectivity index (χ3v) is 6.01. The molecule has 10 heteroatoms. The molecule has 9 nitrogen and oxygen atoms in total. The number of carbonyl (C=O) groups excluding carboxylic acids is 1. The minimum Gasteiger partial charge on any atom is -0.458 e. The molecule has 2 aromatic heterocycles. The smallest absolute Gasteiger partial charge is 0.338 e. The molecule has 2 heterocycles. The molecule has 0 bridgehead atoms. The van der Waals surface area contributed by atoms with Gasteiger partial charge >= 0.3 is 5.97 Å². The molecule has 0 aliphatic carbocycles. The van der Waals surface area contributed by atoms with Crippen molar-refractivity contribution in [1.29, 1.82) is 0 Å². The lowest BCUT2D eigenvalue weighted by atomic mass is 10.1. The Bertz CT molecular complexity index is 1680. The molecule has 0 unspecified atom stereocenters. The van der Waals surface area contributed by atoms with E-state index < -0.39 is 21.6 Å². The number of furan rings is 1. The average Bonchev–Trinajstić information content (AvgIpc) is 3.42. The second-order valence-electron chi connectivity index (χ2n) is 7.49. The number of benzene rings is 2. The van der Waals surface area contributed by atoms with Crippen molar-refractivity contribution < 1.29 is 22.4 Å². The number of esters is 1. The largest absolute Gasteiger partial charge is 0.458 e. The first-order valence-electron chi connectivity index (χ1n) is 10.3. The molecule has 3 N–H and O–H groups in total. The second kappa shape index (κ2) is 9.45. The summed E-state index contributed by atoms with van der Waals surface area (Å²) in [6.07, 6.45) is 3.05. The van der Waals surface area contributed by atoms with E-state index in [2.05, 4.69) is 18.3 Å². The lowest BCUT2D eigenvalue weighted by molar-refractivity contribution is 0.0549. The maximum atomic E-state index is 13.0. The minimum absolute atomic E-state index is 0.0627. The summed E-state index contributed by atoms with van der Waals surface area (Å²) in [5.74, 6) is 0.519. The van der Waals surface area contributed by atoms with Crippen molar-refractivity contribution in [3.63, 3.8) is 0 Å². The van der Waals surface area contributed by atoms with E-state index >= 15 is 0 Å². The van der Waals surface area contributed by atoms with Crippen molar-refractivity contribution in [3.8, 4) is 17.0 Å². The highest BCUT2D eigenvalue weighted by molar-refractivity contribution is 7.89.